The van der Waals surface area contributed by atoms with Crippen LogP contribution in [-0.2, 0) is 14.3 Å². The van der Waals surface area contributed by atoms with Gasteiger partial charge in [0.1, 0.15) is 18.1 Å². The number of carbonyl (C=O) groups excluding carboxylic acids is 3. The SMILES string of the molecule is COc1ccc(C(=O)NCC(=O)O[C@@H](C)C(=O)Nc2ccnn2C(C)C)cc1. The van der Waals surface area contributed by atoms with E-state index in [0.29, 0.717) is 17.1 Å². The lowest BCUT2D eigenvalue weighted by atomic mass is 10.2. The molecule has 0 saturated heterocycles. The lowest BCUT2D eigenvalue weighted by molar-refractivity contribution is -0.152. The Balaban J connectivity index is 1.81. The molecule has 2 N–H and O–H groups in total. The standard InChI is InChI=1S/C19H24N4O5/c1-12(2)23-16(9-10-21-23)22-18(25)13(3)28-17(24)11-20-19(26)14-5-7-15(27-4)8-6-14/h5-10,12-13H,11H2,1-4H3,(H,20,26)(H,22,25)/t13-/m0/s1. The molecule has 0 saturated carbocycles. The average Bonchev–Trinajstić information content (AvgIpc) is 3.14. The van der Waals surface area contributed by atoms with Crippen LogP contribution >= 0.6 is 0 Å². The predicted octanol–water partition coefficient (Wildman–Crippen LogP) is 1.77. The van der Waals surface area contributed by atoms with E-state index in [2.05, 4.69) is 15.7 Å². The molecule has 0 aliphatic carbocycles. The van der Waals surface area contributed by atoms with E-state index in [4.69, 9.17) is 9.47 Å². The van der Waals surface area contributed by atoms with Crippen LogP contribution in [0.5, 0.6) is 5.75 Å². The molecular formula is C19H24N4O5. The Morgan fingerprint density at radius 1 is 1.11 bits per heavy atom. The molecule has 0 spiro atoms. The summed E-state index contributed by atoms with van der Waals surface area (Å²) in [6, 6.07) is 8.15. The number of aromatic nitrogens is 2. The van der Waals surface area contributed by atoms with Gasteiger partial charge in [-0.15, -0.1) is 0 Å². The summed E-state index contributed by atoms with van der Waals surface area (Å²) in [6.45, 7) is 4.95. The van der Waals surface area contributed by atoms with Crippen LogP contribution in [0, 0.1) is 0 Å². The second kappa shape index (κ2) is 9.54. The first-order chi connectivity index (χ1) is 13.3. The van der Waals surface area contributed by atoms with Gasteiger partial charge in [0.25, 0.3) is 11.8 Å². The van der Waals surface area contributed by atoms with Crippen molar-refractivity contribution in [2.45, 2.75) is 32.9 Å². The highest BCUT2D eigenvalue weighted by Crippen LogP contribution is 2.14. The van der Waals surface area contributed by atoms with Crippen molar-refractivity contribution in [3.05, 3.63) is 42.1 Å². The Kier molecular flexibility index (Phi) is 7.14. The van der Waals surface area contributed by atoms with Gasteiger partial charge in [0.15, 0.2) is 6.10 Å². The first-order valence-corrected chi connectivity index (χ1v) is 8.78. The summed E-state index contributed by atoms with van der Waals surface area (Å²) in [5.74, 6) is -0.512. The number of rotatable bonds is 8. The van der Waals surface area contributed by atoms with Crippen LogP contribution in [0.1, 0.15) is 37.2 Å². The van der Waals surface area contributed by atoms with Crippen molar-refractivity contribution >= 4 is 23.6 Å². The first kappa shape index (κ1) is 20.9. The minimum atomic E-state index is -1.03. The Morgan fingerprint density at radius 3 is 2.39 bits per heavy atom. The van der Waals surface area contributed by atoms with Crippen LogP contribution in [0.4, 0.5) is 5.82 Å². The Bertz CT molecular complexity index is 829. The number of nitrogens with one attached hydrogen (secondary N) is 2. The molecule has 2 aromatic rings. The van der Waals surface area contributed by atoms with Crippen LogP contribution in [0.15, 0.2) is 36.5 Å². The number of benzene rings is 1. The van der Waals surface area contributed by atoms with Gasteiger partial charge < -0.3 is 20.1 Å². The lowest BCUT2D eigenvalue weighted by Gasteiger charge is -2.16. The molecule has 0 radical (unpaired) electrons. The smallest absolute Gasteiger partial charge is 0.326 e. The zero-order valence-corrected chi connectivity index (χ0v) is 16.3. The minimum Gasteiger partial charge on any atom is -0.497 e. The minimum absolute atomic E-state index is 0.0660. The fraction of sp³-hybridized carbons (Fsp3) is 0.368. The molecule has 0 unspecified atom stereocenters. The predicted molar refractivity (Wildman–Crippen MR) is 102 cm³/mol. The number of nitrogens with zero attached hydrogens (tertiary/aromatic N) is 2. The number of ether oxygens (including phenoxy) is 2. The van der Waals surface area contributed by atoms with Crippen molar-refractivity contribution < 1.29 is 23.9 Å². The number of methoxy groups -OCH3 is 1. The number of hydrogen-bond acceptors (Lipinski definition) is 6. The van der Waals surface area contributed by atoms with Gasteiger partial charge in [-0.2, -0.15) is 5.10 Å². The van der Waals surface area contributed by atoms with Crippen LogP contribution in [-0.4, -0.2) is 47.3 Å². The zero-order chi connectivity index (χ0) is 20.7. The molecule has 1 aromatic carbocycles. The molecule has 1 aromatic heterocycles. The van der Waals surface area contributed by atoms with E-state index in [9.17, 15) is 14.4 Å². The van der Waals surface area contributed by atoms with Gasteiger partial charge in [0.2, 0.25) is 0 Å². The molecule has 2 rings (SSSR count). The third kappa shape index (κ3) is 5.57. The van der Waals surface area contributed by atoms with Gasteiger partial charge >= 0.3 is 5.97 Å². The van der Waals surface area contributed by atoms with Gasteiger partial charge in [0.05, 0.1) is 13.3 Å². The number of amides is 2. The van der Waals surface area contributed by atoms with Crippen LogP contribution in [0.3, 0.4) is 0 Å². The van der Waals surface area contributed by atoms with E-state index in [-0.39, 0.29) is 12.6 Å². The summed E-state index contributed by atoms with van der Waals surface area (Å²) >= 11 is 0. The molecule has 1 heterocycles. The molecule has 9 heteroatoms. The fourth-order valence-corrected chi connectivity index (χ4v) is 2.34. The number of carbonyl (C=O) groups is 3. The summed E-state index contributed by atoms with van der Waals surface area (Å²) in [7, 11) is 1.53. The Labute approximate surface area is 163 Å². The molecule has 2 amide bonds. The van der Waals surface area contributed by atoms with Crippen molar-refractivity contribution in [3.8, 4) is 5.75 Å². The highest BCUT2D eigenvalue weighted by atomic mass is 16.5. The van der Waals surface area contributed by atoms with Crippen molar-refractivity contribution in [2.75, 3.05) is 19.0 Å². The van der Waals surface area contributed by atoms with Gasteiger partial charge in [-0.1, -0.05) is 0 Å². The zero-order valence-electron chi connectivity index (χ0n) is 16.3. The first-order valence-electron chi connectivity index (χ1n) is 8.78. The van der Waals surface area contributed by atoms with Crippen molar-refractivity contribution in [3.63, 3.8) is 0 Å². The molecular weight excluding hydrogens is 364 g/mol. The molecule has 0 bridgehead atoms. The third-order valence-corrected chi connectivity index (χ3v) is 3.83. The van der Waals surface area contributed by atoms with Gasteiger partial charge in [-0.05, 0) is 45.0 Å². The Hall–Kier alpha value is -3.36. The quantitative estimate of drug-likeness (QED) is 0.667. The number of esters is 1. The van der Waals surface area contributed by atoms with E-state index < -0.39 is 23.9 Å². The highest BCUT2D eigenvalue weighted by molar-refractivity contribution is 5.97. The Morgan fingerprint density at radius 2 is 1.79 bits per heavy atom. The monoisotopic (exact) mass is 388 g/mol. The van der Waals surface area contributed by atoms with E-state index >= 15 is 0 Å². The van der Waals surface area contributed by atoms with Crippen molar-refractivity contribution in [1.29, 1.82) is 0 Å². The largest absolute Gasteiger partial charge is 0.497 e. The molecule has 1 atom stereocenters. The lowest BCUT2D eigenvalue weighted by Crippen LogP contribution is -2.36. The average molecular weight is 388 g/mol. The molecule has 28 heavy (non-hydrogen) atoms. The van der Waals surface area contributed by atoms with E-state index in [0.717, 1.165) is 0 Å². The van der Waals surface area contributed by atoms with Crippen molar-refractivity contribution in [2.24, 2.45) is 0 Å². The molecule has 0 aliphatic heterocycles. The van der Waals surface area contributed by atoms with E-state index in [1.54, 1.807) is 41.2 Å². The van der Waals surface area contributed by atoms with Crippen LogP contribution in [0.2, 0.25) is 0 Å². The summed E-state index contributed by atoms with van der Waals surface area (Å²) in [4.78, 5) is 36.2. The summed E-state index contributed by atoms with van der Waals surface area (Å²) in [6.07, 6.45) is 0.543. The summed E-state index contributed by atoms with van der Waals surface area (Å²) < 4.78 is 11.7. The summed E-state index contributed by atoms with van der Waals surface area (Å²) in [5, 5.41) is 9.23. The van der Waals surface area contributed by atoms with Crippen LogP contribution < -0.4 is 15.4 Å². The second-order valence-corrected chi connectivity index (χ2v) is 6.29. The maximum Gasteiger partial charge on any atom is 0.326 e. The topological polar surface area (TPSA) is 112 Å². The van der Waals surface area contributed by atoms with Gasteiger partial charge in [0, 0.05) is 17.7 Å². The normalized spacial score (nSPS) is 11.6. The molecule has 150 valence electrons. The second-order valence-electron chi connectivity index (χ2n) is 6.29. The van der Waals surface area contributed by atoms with E-state index in [1.165, 1.54) is 14.0 Å². The number of anilines is 1. The molecule has 0 fully saturated rings. The molecule has 9 nitrogen and oxygen atoms in total. The van der Waals surface area contributed by atoms with E-state index in [1.807, 2.05) is 13.8 Å². The van der Waals surface area contributed by atoms with Gasteiger partial charge in [-0.3, -0.25) is 14.4 Å². The van der Waals surface area contributed by atoms with Crippen molar-refractivity contribution in [1.82, 2.24) is 15.1 Å². The third-order valence-electron chi connectivity index (χ3n) is 3.83. The summed E-state index contributed by atoms with van der Waals surface area (Å²) in [5.41, 5.74) is 0.376. The van der Waals surface area contributed by atoms with Gasteiger partial charge in [-0.25, -0.2) is 4.68 Å². The maximum atomic E-state index is 12.2. The number of hydrogen-bond donors (Lipinski definition) is 2. The fourth-order valence-electron chi connectivity index (χ4n) is 2.34. The van der Waals surface area contributed by atoms with Crippen LogP contribution in [0.25, 0.3) is 0 Å². The molecule has 0 aliphatic rings. The highest BCUT2D eigenvalue weighted by Gasteiger charge is 2.20. The maximum absolute atomic E-state index is 12.2.